The maximum absolute atomic E-state index is 3.42. The third kappa shape index (κ3) is 3.97. The number of rotatable bonds is 5. The molecule has 3 unspecified atom stereocenters. The molecule has 3 atom stereocenters. The zero-order valence-corrected chi connectivity index (χ0v) is 11.4. The Kier molecular flexibility index (Phi) is 6.02. The van der Waals surface area contributed by atoms with Crippen LogP contribution in [0, 0.1) is 5.92 Å². The highest BCUT2D eigenvalue weighted by Crippen LogP contribution is 2.20. The first-order valence-corrected chi connectivity index (χ1v) is 7.33. The molecule has 0 radical (unpaired) electrons. The highest BCUT2D eigenvalue weighted by Gasteiger charge is 2.26. The normalized spacial score (nSPS) is 30.4. The lowest BCUT2D eigenvalue weighted by atomic mass is 9.93. The van der Waals surface area contributed by atoms with Crippen molar-refractivity contribution in [3.63, 3.8) is 0 Å². The summed E-state index contributed by atoms with van der Waals surface area (Å²) in [5.41, 5.74) is 0. The van der Waals surface area contributed by atoms with E-state index in [0.29, 0.717) is 0 Å². The Balaban J connectivity index is 2.33. The van der Waals surface area contributed by atoms with Crippen molar-refractivity contribution in [2.45, 2.75) is 39.3 Å². The maximum atomic E-state index is 3.42. The van der Waals surface area contributed by atoms with E-state index in [0.717, 1.165) is 18.0 Å². The second kappa shape index (κ2) is 6.77. The standard InChI is InChI=1S/C12H26N2S/c1-5-15-9-11(3)14-7-6-12(13-4)10(2)8-14/h10-13H,5-9H2,1-4H3. The quantitative estimate of drug-likeness (QED) is 0.778. The van der Waals surface area contributed by atoms with Crippen molar-refractivity contribution in [1.82, 2.24) is 10.2 Å². The Morgan fingerprint density at radius 2 is 2.27 bits per heavy atom. The fourth-order valence-electron chi connectivity index (χ4n) is 2.40. The Morgan fingerprint density at radius 1 is 1.53 bits per heavy atom. The summed E-state index contributed by atoms with van der Waals surface area (Å²) in [5, 5.41) is 3.42. The summed E-state index contributed by atoms with van der Waals surface area (Å²) in [5.74, 6) is 3.32. The lowest BCUT2D eigenvalue weighted by molar-refractivity contribution is 0.123. The van der Waals surface area contributed by atoms with E-state index in [-0.39, 0.29) is 0 Å². The van der Waals surface area contributed by atoms with Gasteiger partial charge >= 0.3 is 0 Å². The molecule has 1 heterocycles. The second-order valence-electron chi connectivity index (χ2n) is 4.66. The van der Waals surface area contributed by atoms with Crippen LogP contribution in [0.25, 0.3) is 0 Å². The van der Waals surface area contributed by atoms with Crippen molar-refractivity contribution in [3.8, 4) is 0 Å². The minimum absolute atomic E-state index is 0.729. The first-order chi connectivity index (χ1) is 7.19. The van der Waals surface area contributed by atoms with Crippen molar-refractivity contribution in [2.24, 2.45) is 5.92 Å². The van der Waals surface area contributed by atoms with Gasteiger partial charge in [-0.2, -0.15) is 11.8 Å². The lowest BCUT2D eigenvalue weighted by Crippen LogP contribution is -2.50. The molecule has 2 nitrogen and oxygen atoms in total. The van der Waals surface area contributed by atoms with Gasteiger partial charge in [-0.25, -0.2) is 0 Å². The molecule has 3 heteroatoms. The van der Waals surface area contributed by atoms with Crippen LogP contribution in [0.2, 0.25) is 0 Å². The molecule has 0 bridgehead atoms. The van der Waals surface area contributed by atoms with Gasteiger partial charge in [0.1, 0.15) is 0 Å². The van der Waals surface area contributed by atoms with Gasteiger partial charge in [0.2, 0.25) is 0 Å². The van der Waals surface area contributed by atoms with Gasteiger partial charge in [-0.3, -0.25) is 4.90 Å². The first-order valence-electron chi connectivity index (χ1n) is 6.18. The van der Waals surface area contributed by atoms with E-state index in [1.54, 1.807) is 0 Å². The van der Waals surface area contributed by atoms with E-state index in [2.05, 4.69) is 49.8 Å². The van der Waals surface area contributed by atoms with Crippen LogP contribution in [0.4, 0.5) is 0 Å². The van der Waals surface area contributed by atoms with E-state index in [4.69, 9.17) is 0 Å². The van der Waals surface area contributed by atoms with Crippen LogP contribution in [0.15, 0.2) is 0 Å². The summed E-state index contributed by atoms with van der Waals surface area (Å²) < 4.78 is 0. The van der Waals surface area contributed by atoms with Crippen molar-refractivity contribution >= 4 is 11.8 Å². The maximum Gasteiger partial charge on any atom is 0.0158 e. The molecule has 0 aliphatic carbocycles. The van der Waals surface area contributed by atoms with Crippen LogP contribution in [-0.4, -0.2) is 48.6 Å². The summed E-state index contributed by atoms with van der Waals surface area (Å²) >= 11 is 2.06. The number of piperidine rings is 1. The zero-order valence-electron chi connectivity index (χ0n) is 10.6. The number of hydrogen-bond acceptors (Lipinski definition) is 3. The summed E-state index contributed by atoms with van der Waals surface area (Å²) in [6, 6.07) is 1.47. The molecule has 15 heavy (non-hydrogen) atoms. The van der Waals surface area contributed by atoms with Gasteiger partial charge in [-0.05, 0) is 38.6 Å². The molecule has 0 saturated carbocycles. The third-order valence-corrected chi connectivity index (χ3v) is 4.62. The molecule has 1 aliphatic rings. The van der Waals surface area contributed by atoms with Gasteiger partial charge in [0.15, 0.2) is 0 Å². The molecule has 0 amide bonds. The third-order valence-electron chi connectivity index (χ3n) is 3.49. The number of nitrogens with one attached hydrogen (secondary N) is 1. The smallest absolute Gasteiger partial charge is 0.0158 e. The Bertz CT molecular complexity index is 175. The lowest BCUT2D eigenvalue weighted by Gasteiger charge is -2.40. The van der Waals surface area contributed by atoms with E-state index >= 15 is 0 Å². The van der Waals surface area contributed by atoms with Gasteiger partial charge in [0.25, 0.3) is 0 Å². The van der Waals surface area contributed by atoms with Crippen LogP contribution in [0.3, 0.4) is 0 Å². The second-order valence-corrected chi connectivity index (χ2v) is 5.98. The molecule has 0 aromatic rings. The highest BCUT2D eigenvalue weighted by molar-refractivity contribution is 7.99. The molecule has 1 saturated heterocycles. The minimum Gasteiger partial charge on any atom is -0.317 e. The highest BCUT2D eigenvalue weighted by atomic mass is 32.2. The molecule has 90 valence electrons. The molecule has 0 aromatic heterocycles. The van der Waals surface area contributed by atoms with Crippen molar-refractivity contribution < 1.29 is 0 Å². The van der Waals surface area contributed by atoms with E-state index in [1.807, 2.05) is 0 Å². The first kappa shape index (κ1) is 13.3. The number of hydrogen-bond donors (Lipinski definition) is 1. The summed E-state index contributed by atoms with van der Waals surface area (Å²) in [6.45, 7) is 9.51. The Labute approximate surface area is 99.2 Å². The number of likely N-dealkylation sites (tertiary alicyclic amines) is 1. The topological polar surface area (TPSA) is 15.3 Å². The van der Waals surface area contributed by atoms with Gasteiger partial charge in [-0.15, -0.1) is 0 Å². The van der Waals surface area contributed by atoms with Crippen molar-refractivity contribution in [1.29, 1.82) is 0 Å². The van der Waals surface area contributed by atoms with E-state index in [1.165, 1.54) is 31.0 Å². The van der Waals surface area contributed by atoms with Crippen LogP contribution >= 0.6 is 11.8 Å². The average Bonchev–Trinajstić information content (AvgIpc) is 2.25. The van der Waals surface area contributed by atoms with Gasteiger partial charge < -0.3 is 5.32 Å². The SMILES string of the molecule is CCSCC(C)N1CCC(NC)C(C)C1. The van der Waals surface area contributed by atoms with Gasteiger partial charge in [0.05, 0.1) is 0 Å². The van der Waals surface area contributed by atoms with Crippen LogP contribution < -0.4 is 5.32 Å². The predicted octanol–water partition coefficient (Wildman–Crippen LogP) is 2.06. The predicted molar refractivity (Wildman–Crippen MR) is 70.7 cm³/mol. The molecule has 1 N–H and O–H groups in total. The summed E-state index contributed by atoms with van der Waals surface area (Å²) in [4.78, 5) is 2.65. The zero-order chi connectivity index (χ0) is 11.3. The summed E-state index contributed by atoms with van der Waals surface area (Å²) in [6.07, 6.45) is 1.30. The molecule has 0 spiro atoms. The average molecular weight is 230 g/mol. The summed E-state index contributed by atoms with van der Waals surface area (Å²) in [7, 11) is 2.09. The van der Waals surface area contributed by atoms with Gasteiger partial charge in [-0.1, -0.05) is 13.8 Å². The van der Waals surface area contributed by atoms with Crippen LogP contribution in [0.1, 0.15) is 27.2 Å². The molecule has 1 aliphatic heterocycles. The Hall–Kier alpha value is 0.270. The van der Waals surface area contributed by atoms with Gasteiger partial charge in [0, 0.05) is 24.4 Å². The molecular weight excluding hydrogens is 204 g/mol. The molecule has 1 rings (SSSR count). The Morgan fingerprint density at radius 3 is 2.80 bits per heavy atom. The van der Waals surface area contributed by atoms with Crippen LogP contribution in [-0.2, 0) is 0 Å². The number of thioether (sulfide) groups is 1. The van der Waals surface area contributed by atoms with Crippen molar-refractivity contribution in [2.75, 3.05) is 31.6 Å². The number of nitrogens with zero attached hydrogens (tertiary/aromatic N) is 1. The largest absolute Gasteiger partial charge is 0.317 e. The monoisotopic (exact) mass is 230 g/mol. The van der Waals surface area contributed by atoms with E-state index in [9.17, 15) is 0 Å². The minimum atomic E-state index is 0.729. The molecule has 0 aromatic carbocycles. The fraction of sp³-hybridized carbons (Fsp3) is 1.00. The van der Waals surface area contributed by atoms with E-state index < -0.39 is 0 Å². The van der Waals surface area contributed by atoms with Crippen LogP contribution in [0.5, 0.6) is 0 Å². The molecule has 1 fully saturated rings. The fourth-order valence-corrected chi connectivity index (χ4v) is 3.19. The molecular formula is C12H26N2S. The van der Waals surface area contributed by atoms with Crippen molar-refractivity contribution in [3.05, 3.63) is 0 Å².